The standard InChI is InChI=1S/C21H11N3O4.C14H10N2O2.C7H5NO3.CH3F/c25-19-13-3-1-2-4-14(13)20(26)17-15(19)9-10-16-18(17)23-21(22-16)11-5-7-12(8-6-11)24(27)28;15-10-6-5-9-11(12(10)16)14(18)8-4-2-1-3-7(8)13(9)17;9-5-6-1-3-7(4-2-6)8(10)11;1-2/h1-10H,(H,22,23);1-6H,15-16H2;1-5H;1H3/i;;;1D. The number of aldehydes is 1. The average molecular weight is 794 g/mol. The summed E-state index contributed by atoms with van der Waals surface area (Å²) in [5.41, 5.74) is 16.8. The third-order valence-corrected chi connectivity index (χ3v) is 9.30. The van der Waals surface area contributed by atoms with Gasteiger partial charge < -0.3 is 16.5 Å². The van der Waals surface area contributed by atoms with Gasteiger partial charge in [-0.15, -0.1) is 0 Å². The zero-order chi connectivity index (χ0) is 43.2. The third kappa shape index (κ3) is 7.56. The molecule has 5 N–H and O–H groups in total. The lowest BCUT2D eigenvalue weighted by Crippen LogP contribution is -2.22. The van der Waals surface area contributed by atoms with Gasteiger partial charge in [-0.25, -0.2) is 4.98 Å². The molecule has 292 valence electrons. The topological polar surface area (TPSA) is 252 Å². The number of imidazole rings is 1. The lowest BCUT2D eigenvalue weighted by molar-refractivity contribution is -0.385. The number of fused-ring (bicyclic) bond motifs is 6. The van der Waals surface area contributed by atoms with Crippen LogP contribution in [0.15, 0.2) is 121 Å². The molecule has 0 atom stereocenters. The molecule has 1 heterocycles. The zero-order valence-electron chi connectivity index (χ0n) is 31.4. The van der Waals surface area contributed by atoms with E-state index in [9.17, 15) is 48.6 Å². The summed E-state index contributed by atoms with van der Waals surface area (Å²) in [4.78, 5) is 88.2. The number of hydrogen-bond acceptors (Lipinski definition) is 12. The second-order valence-corrected chi connectivity index (χ2v) is 12.6. The highest BCUT2D eigenvalue weighted by molar-refractivity contribution is 6.32. The van der Waals surface area contributed by atoms with E-state index in [1.807, 2.05) is 0 Å². The van der Waals surface area contributed by atoms with Crippen LogP contribution in [0.4, 0.5) is 27.1 Å². The molecule has 0 radical (unpaired) electrons. The maximum Gasteiger partial charge on any atom is 0.269 e. The summed E-state index contributed by atoms with van der Waals surface area (Å²) in [6.07, 6.45) is 0.643. The molecule has 59 heavy (non-hydrogen) atoms. The molecule has 15 nitrogen and oxygen atoms in total. The van der Waals surface area contributed by atoms with Crippen LogP contribution in [0, 0.1) is 20.2 Å². The number of non-ortho nitro benzene ring substituents is 2. The molecule has 2 aliphatic rings. The van der Waals surface area contributed by atoms with E-state index in [2.05, 4.69) is 9.97 Å². The van der Waals surface area contributed by atoms with Gasteiger partial charge in [0.15, 0.2) is 23.1 Å². The number of carbonyl (C=O) groups excluding carboxylic acids is 5. The minimum Gasteiger partial charge on any atom is -0.397 e. The number of hydrogen-bond donors (Lipinski definition) is 3. The predicted molar refractivity (Wildman–Crippen MR) is 216 cm³/mol. The van der Waals surface area contributed by atoms with Crippen LogP contribution in [0.3, 0.4) is 0 Å². The molecular formula is C43H29FN6O9. The Morgan fingerprint density at radius 3 is 1.56 bits per heavy atom. The number of ketones is 4. The first-order chi connectivity index (χ1) is 28.8. The zero-order valence-corrected chi connectivity index (χ0v) is 30.4. The number of aromatic amines is 1. The van der Waals surface area contributed by atoms with E-state index in [0.717, 1.165) is 0 Å². The number of nitrogens with one attached hydrogen (secondary N) is 1. The van der Waals surface area contributed by atoms with E-state index in [-0.39, 0.29) is 51.3 Å². The van der Waals surface area contributed by atoms with Crippen molar-refractivity contribution in [2.24, 2.45) is 0 Å². The van der Waals surface area contributed by atoms with Gasteiger partial charge in [0.2, 0.25) is 0 Å². The highest BCUT2D eigenvalue weighted by Gasteiger charge is 2.33. The van der Waals surface area contributed by atoms with Gasteiger partial charge in [0.05, 0.1) is 46.4 Å². The number of nitrogen functional groups attached to an aromatic ring is 2. The van der Waals surface area contributed by atoms with Gasteiger partial charge in [-0.3, -0.25) is 48.6 Å². The Morgan fingerprint density at radius 1 is 0.627 bits per heavy atom. The maximum atomic E-state index is 13.1. The first kappa shape index (κ1) is 38.7. The van der Waals surface area contributed by atoms with E-state index < -0.39 is 17.0 Å². The molecule has 0 bridgehead atoms. The Balaban J connectivity index is 0.000000161. The van der Waals surface area contributed by atoms with Crippen LogP contribution in [0.5, 0.6) is 0 Å². The smallest absolute Gasteiger partial charge is 0.269 e. The van der Waals surface area contributed by atoms with Gasteiger partial charge in [-0.1, -0.05) is 48.5 Å². The fourth-order valence-corrected chi connectivity index (χ4v) is 6.43. The SMILES string of the molecule is Nc1ccc2c(c1N)C(=O)c1ccccc1C2=O.O=C1c2ccccc2C(=O)c2c1ccc1[nH]c(-c3ccc([N+](=O)[O-])cc3)nc21.O=Cc1ccc([N+](=O)[O-])cc1.[2H]CF. The summed E-state index contributed by atoms with van der Waals surface area (Å²) in [5, 5.41) is 20.9. The largest absolute Gasteiger partial charge is 0.397 e. The number of nitro groups is 2. The number of alkyl halides is 1. The number of H-pyrrole nitrogens is 1. The van der Waals surface area contributed by atoms with Crippen LogP contribution in [0.1, 0.15) is 75.4 Å². The fraction of sp³-hybridized carbons (Fsp3) is 0.0233. The van der Waals surface area contributed by atoms with Gasteiger partial charge in [0, 0.05) is 68.8 Å². The van der Waals surface area contributed by atoms with E-state index in [4.69, 9.17) is 12.8 Å². The Morgan fingerprint density at radius 2 is 1.07 bits per heavy atom. The number of anilines is 2. The lowest BCUT2D eigenvalue weighted by atomic mass is 9.83. The average Bonchev–Trinajstić information content (AvgIpc) is 3.71. The number of aromatic nitrogens is 2. The molecule has 6 aromatic carbocycles. The second kappa shape index (κ2) is 16.7. The Hall–Kier alpha value is -8.53. The van der Waals surface area contributed by atoms with Crippen LogP contribution in [0.2, 0.25) is 0 Å². The number of nitrogens with two attached hydrogens (primary N) is 2. The number of nitrogens with zero attached hydrogens (tertiary/aromatic N) is 3. The molecule has 9 rings (SSSR count). The van der Waals surface area contributed by atoms with Crippen molar-refractivity contribution in [1.82, 2.24) is 9.97 Å². The lowest BCUT2D eigenvalue weighted by Gasteiger charge is -2.19. The summed E-state index contributed by atoms with van der Waals surface area (Å²) in [6.45, 7) is 0. The Kier molecular flexibility index (Phi) is 11.0. The molecule has 0 amide bonds. The molecule has 7 aromatic rings. The molecule has 0 unspecified atom stereocenters. The molecule has 0 spiro atoms. The summed E-state index contributed by atoms with van der Waals surface area (Å²) in [7, 11) is -1.00. The van der Waals surface area contributed by atoms with Gasteiger partial charge >= 0.3 is 0 Å². The monoisotopic (exact) mass is 793 g/mol. The van der Waals surface area contributed by atoms with Gasteiger partial charge in [-0.05, 0) is 48.5 Å². The van der Waals surface area contributed by atoms with E-state index in [0.29, 0.717) is 73.3 Å². The van der Waals surface area contributed by atoms with Gasteiger partial charge in [-0.2, -0.15) is 0 Å². The van der Waals surface area contributed by atoms with Crippen LogP contribution in [-0.4, -0.2) is 56.4 Å². The normalized spacial score (nSPS) is 12.1. The highest BCUT2D eigenvalue weighted by atomic mass is 19.1. The van der Waals surface area contributed by atoms with Crippen molar-refractivity contribution >= 4 is 63.2 Å². The van der Waals surface area contributed by atoms with Crippen LogP contribution in [0.25, 0.3) is 22.4 Å². The summed E-state index contributed by atoms with van der Waals surface area (Å²) in [5.74, 6) is -0.404. The summed E-state index contributed by atoms with van der Waals surface area (Å²) >= 11 is 0. The second-order valence-electron chi connectivity index (χ2n) is 12.6. The number of halogens is 1. The van der Waals surface area contributed by atoms with Crippen molar-refractivity contribution < 1.29 is 39.6 Å². The molecule has 2 aliphatic carbocycles. The molecule has 16 heteroatoms. The maximum absolute atomic E-state index is 13.1. The number of rotatable bonds is 4. The molecule has 0 saturated heterocycles. The van der Waals surface area contributed by atoms with Gasteiger partial charge in [0.25, 0.3) is 11.4 Å². The summed E-state index contributed by atoms with van der Waals surface area (Å²) in [6, 6.07) is 31.3. The first-order valence-electron chi connectivity index (χ1n) is 17.9. The number of benzene rings is 6. The minimum absolute atomic E-state index is 0.00407. The van der Waals surface area contributed by atoms with Crippen molar-refractivity contribution in [1.29, 1.82) is 0 Å². The van der Waals surface area contributed by atoms with Crippen LogP contribution < -0.4 is 11.5 Å². The predicted octanol–water partition coefficient (Wildman–Crippen LogP) is 7.53. The minimum atomic E-state index is -1.00. The Labute approximate surface area is 333 Å². The van der Waals surface area contributed by atoms with Crippen LogP contribution >= 0.6 is 0 Å². The first-order valence-corrected chi connectivity index (χ1v) is 17.2. The van der Waals surface area contributed by atoms with Crippen LogP contribution in [-0.2, 0) is 0 Å². The molecule has 0 aliphatic heterocycles. The Bertz CT molecular complexity index is 2900. The fourth-order valence-electron chi connectivity index (χ4n) is 6.43. The summed E-state index contributed by atoms with van der Waals surface area (Å²) < 4.78 is 15.5. The molecular weight excluding hydrogens is 764 g/mol. The van der Waals surface area contributed by atoms with Crippen molar-refractivity contribution in [2.75, 3.05) is 18.6 Å². The molecule has 1 aromatic heterocycles. The number of nitro benzene ring substituents is 2. The molecule has 0 fully saturated rings. The van der Waals surface area contributed by atoms with Crippen molar-refractivity contribution in [3.8, 4) is 11.4 Å². The van der Waals surface area contributed by atoms with Gasteiger partial charge in [0.1, 0.15) is 17.6 Å². The van der Waals surface area contributed by atoms with Crippen molar-refractivity contribution in [2.45, 2.75) is 0 Å². The number of carbonyl (C=O) groups is 5. The van der Waals surface area contributed by atoms with E-state index in [1.54, 1.807) is 84.9 Å². The molecule has 0 saturated carbocycles. The van der Waals surface area contributed by atoms with E-state index >= 15 is 0 Å². The van der Waals surface area contributed by atoms with Crippen molar-refractivity contribution in [3.05, 3.63) is 192 Å². The third-order valence-electron chi connectivity index (χ3n) is 9.30. The van der Waals surface area contributed by atoms with Crippen molar-refractivity contribution in [3.63, 3.8) is 0 Å². The quantitative estimate of drug-likeness (QED) is 0.0676. The van der Waals surface area contributed by atoms with E-state index in [1.165, 1.54) is 36.4 Å². The highest BCUT2D eigenvalue weighted by Crippen LogP contribution is 2.35.